The Morgan fingerprint density at radius 3 is 2.47 bits per heavy atom. The van der Waals surface area contributed by atoms with Crippen molar-refractivity contribution in [1.29, 1.82) is 0 Å². The summed E-state index contributed by atoms with van der Waals surface area (Å²) in [5.41, 5.74) is 0. The summed E-state index contributed by atoms with van der Waals surface area (Å²) in [5.74, 6) is -2.07. The molecule has 0 aliphatic heterocycles. The number of nitrogens with zero attached hydrogens (tertiary/aromatic N) is 2. The highest BCUT2D eigenvalue weighted by atomic mass is 16.4. The molecular weight excluding hydrogens is 228 g/mol. The molecule has 92 valence electrons. The van der Waals surface area contributed by atoms with Gasteiger partial charge >= 0.3 is 5.97 Å². The highest BCUT2D eigenvalue weighted by Gasteiger charge is 2.07. The van der Waals surface area contributed by atoms with E-state index in [-0.39, 0.29) is 19.0 Å². The maximum absolute atomic E-state index is 11.3. The minimum Gasteiger partial charge on any atom is -0.480 e. The lowest BCUT2D eigenvalue weighted by atomic mass is 10.5. The molecule has 2 amide bonds. The molecule has 1 aromatic heterocycles. The molecule has 0 radical (unpaired) electrons. The Balaban J connectivity index is 2.19. The van der Waals surface area contributed by atoms with E-state index in [1.807, 2.05) is 0 Å². The van der Waals surface area contributed by atoms with Crippen LogP contribution in [0.4, 0.5) is 0 Å². The van der Waals surface area contributed by atoms with Crippen molar-refractivity contribution in [3.8, 4) is 0 Å². The summed E-state index contributed by atoms with van der Waals surface area (Å²) < 4.78 is 1.41. The van der Waals surface area contributed by atoms with Crippen LogP contribution in [0.3, 0.4) is 0 Å². The molecule has 0 aromatic carbocycles. The summed E-state index contributed by atoms with van der Waals surface area (Å²) in [5, 5.41) is 16.6. The van der Waals surface area contributed by atoms with Crippen LogP contribution in [0.2, 0.25) is 0 Å². The number of carbonyl (C=O) groups is 3. The third-order valence-electron chi connectivity index (χ3n) is 1.75. The number of carboxylic acid groups (broad SMARTS) is 1. The predicted octanol–water partition coefficient (Wildman–Crippen LogP) is -1.80. The van der Waals surface area contributed by atoms with Gasteiger partial charge < -0.3 is 15.7 Å². The monoisotopic (exact) mass is 240 g/mol. The topological polar surface area (TPSA) is 113 Å². The number of carboxylic acids is 1. The van der Waals surface area contributed by atoms with Gasteiger partial charge in [-0.25, -0.2) is 0 Å². The molecule has 0 aliphatic carbocycles. The van der Waals surface area contributed by atoms with Gasteiger partial charge in [-0.3, -0.25) is 19.1 Å². The molecule has 1 rings (SSSR count). The van der Waals surface area contributed by atoms with Crippen molar-refractivity contribution in [2.75, 3.05) is 13.1 Å². The van der Waals surface area contributed by atoms with Gasteiger partial charge in [0.05, 0.1) is 6.54 Å². The molecule has 0 fully saturated rings. The fraction of sp³-hybridized carbons (Fsp3) is 0.333. The van der Waals surface area contributed by atoms with Crippen molar-refractivity contribution in [2.24, 2.45) is 0 Å². The van der Waals surface area contributed by atoms with Crippen LogP contribution in [0.1, 0.15) is 0 Å². The number of nitrogens with one attached hydrogen (secondary N) is 2. The Morgan fingerprint density at radius 1 is 1.18 bits per heavy atom. The van der Waals surface area contributed by atoms with E-state index < -0.39 is 18.4 Å². The molecule has 0 atom stereocenters. The van der Waals surface area contributed by atoms with Crippen LogP contribution in [0.25, 0.3) is 0 Å². The van der Waals surface area contributed by atoms with Crippen molar-refractivity contribution >= 4 is 17.8 Å². The first-order valence-electron chi connectivity index (χ1n) is 4.80. The lowest BCUT2D eigenvalue weighted by molar-refractivity contribution is -0.137. The molecule has 1 aromatic rings. The summed E-state index contributed by atoms with van der Waals surface area (Å²) in [6.07, 6.45) is 3.15. The van der Waals surface area contributed by atoms with Gasteiger partial charge in [0.2, 0.25) is 11.8 Å². The summed E-state index contributed by atoms with van der Waals surface area (Å²) in [6.45, 7) is -0.708. The third-order valence-corrected chi connectivity index (χ3v) is 1.75. The number of rotatable bonds is 6. The fourth-order valence-corrected chi connectivity index (χ4v) is 1.01. The molecule has 3 N–H and O–H groups in total. The first-order valence-corrected chi connectivity index (χ1v) is 4.80. The van der Waals surface area contributed by atoms with E-state index in [1.165, 1.54) is 10.9 Å². The number of carbonyl (C=O) groups excluding carboxylic acids is 2. The molecule has 17 heavy (non-hydrogen) atoms. The SMILES string of the molecule is O=C(O)CNC(=O)CNC(=O)Cn1cccn1. The molecule has 0 unspecified atom stereocenters. The first kappa shape index (κ1) is 12.7. The Bertz CT molecular complexity index is 401. The second-order valence-electron chi connectivity index (χ2n) is 3.15. The lowest BCUT2D eigenvalue weighted by Crippen LogP contribution is -2.40. The Kier molecular flexibility index (Phi) is 4.67. The van der Waals surface area contributed by atoms with Gasteiger partial charge in [-0.1, -0.05) is 0 Å². The Labute approximate surface area is 96.6 Å². The second kappa shape index (κ2) is 6.26. The van der Waals surface area contributed by atoms with Gasteiger partial charge in [0.25, 0.3) is 0 Å². The summed E-state index contributed by atoms with van der Waals surface area (Å²) in [6, 6.07) is 1.67. The number of amides is 2. The van der Waals surface area contributed by atoms with E-state index >= 15 is 0 Å². The third kappa shape index (κ3) is 5.30. The first-order chi connectivity index (χ1) is 8.08. The highest BCUT2D eigenvalue weighted by molar-refractivity contribution is 5.86. The van der Waals surface area contributed by atoms with E-state index in [0.29, 0.717) is 0 Å². The fourth-order valence-electron chi connectivity index (χ4n) is 1.01. The van der Waals surface area contributed by atoms with Crippen LogP contribution in [0, 0.1) is 0 Å². The standard InChI is InChI=1S/C9H12N4O4/c14-7(11-5-9(16)17)4-10-8(15)6-13-3-1-2-12-13/h1-3H,4-6H2,(H,10,15)(H,11,14)(H,16,17). The molecule has 0 bridgehead atoms. The average Bonchev–Trinajstić information content (AvgIpc) is 2.76. The highest BCUT2D eigenvalue weighted by Crippen LogP contribution is 1.83. The summed E-state index contributed by atoms with van der Waals surface area (Å²) in [4.78, 5) is 32.5. The zero-order valence-electron chi connectivity index (χ0n) is 8.92. The maximum atomic E-state index is 11.3. The number of hydrogen-bond acceptors (Lipinski definition) is 4. The molecule has 1 heterocycles. The van der Waals surface area contributed by atoms with Crippen molar-refractivity contribution in [2.45, 2.75) is 6.54 Å². The van der Waals surface area contributed by atoms with E-state index in [0.717, 1.165) is 0 Å². The van der Waals surface area contributed by atoms with Gasteiger partial charge in [-0.05, 0) is 6.07 Å². The largest absolute Gasteiger partial charge is 0.480 e. The summed E-state index contributed by atoms with van der Waals surface area (Å²) in [7, 11) is 0. The zero-order chi connectivity index (χ0) is 12.7. The predicted molar refractivity (Wildman–Crippen MR) is 55.9 cm³/mol. The van der Waals surface area contributed by atoms with E-state index in [2.05, 4.69) is 15.7 Å². The van der Waals surface area contributed by atoms with E-state index in [4.69, 9.17) is 5.11 Å². The number of hydrogen-bond donors (Lipinski definition) is 3. The molecule has 0 spiro atoms. The van der Waals surface area contributed by atoms with Gasteiger partial charge in [-0.15, -0.1) is 0 Å². The smallest absolute Gasteiger partial charge is 0.322 e. The van der Waals surface area contributed by atoms with E-state index in [9.17, 15) is 14.4 Å². The van der Waals surface area contributed by atoms with Gasteiger partial charge in [-0.2, -0.15) is 5.10 Å². The minimum atomic E-state index is -1.14. The Hall–Kier alpha value is -2.38. The van der Waals surface area contributed by atoms with Crippen LogP contribution in [-0.2, 0) is 20.9 Å². The quantitative estimate of drug-likeness (QED) is 0.543. The average molecular weight is 240 g/mol. The molecule has 0 saturated carbocycles. The molecule has 8 heteroatoms. The normalized spacial score (nSPS) is 9.65. The van der Waals surface area contributed by atoms with Gasteiger partial charge in [0.1, 0.15) is 13.1 Å². The second-order valence-corrected chi connectivity index (χ2v) is 3.15. The van der Waals surface area contributed by atoms with Crippen LogP contribution < -0.4 is 10.6 Å². The number of aromatic nitrogens is 2. The van der Waals surface area contributed by atoms with Crippen molar-refractivity contribution in [1.82, 2.24) is 20.4 Å². The van der Waals surface area contributed by atoms with Gasteiger partial charge in [0, 0.05) is 12.4 Å². The molecule has 0 saturated heterocycles. The van der Waals surface area contributed by atoms with E-state index in [1.54, 1.807) is 12.3 Å². The molecular formula is C9H12N4O4. The van der Waals surface area contributed by atoms with Crippen LogP contribution >= 0.6 is 0 Å². The van der Waals surface area contributed by atoms with Crippen molar-refractivity contribution < 1.29 is 19.5 Å². The number of aliphatic carboxylic acids is 1. The minimum absolute atomic E-state index is 0.0131. The van der Waals surface area contributed by atoms with Crippen molar-refractivity contribution in [3.63, 3.8) is 0 Å². The molecule has 0 aliphatic rings. The van der Waals surface area contributed by atoms with Crippen LogP contribution in [-0.4, -0.2) is 45.8 Å². The summed E-state index contributed by atoms with van der Waals surface area (Å²) >= 11 is 0. The Morgan fingerprint density at radius 2 is 1.88 bits per heavy atom. The van der Waals surface area contributed by atoms with Crippen LogP contribution in [0.15, 0.2) is 18.5 Å². The molecule has 8 nitrogen and oxygen atoms in total. The van der Waals surface area contributed by atoms with Crippen molar-refractivity contribution in [3.05, 3.63) is 18.5 Å². The van der Waals surface area contributed by atoms with Gasteiger partial charge in [0.15, 0.2) is 0 Å². The lowest BCUT2D eigenvalue weighted by Gasteiger charge is -2.05. The maximum Gasteiger partial charge on any atom is 0.322 e. The zero-order valence-corrected chi connectivity index (χ0v) is 8.92. The van der Waals surface area contributed by atoms with Crippen LogP contribution in [0.5, 0.6) is 0 Å².